The molecule has 2 unspecified atom stereocenters. The van der Waals surface area contributed by atoms with Crippen molar-refractivity contribution >= 4 is 5.91 Å². The van der Waals surface area contributed by atoms with Crippen LogP contribution in [0.15, 0.2) is 12.1 Å². The molecule has 4 heteroatoms. The molecule has 0 aliphatic heterocycles. The van der Waals surface area contributed by atoms with Crippen molar-refractivity contribution in [3.05, 3.63) is 34.4 Å². The van der Waals surface area contributed by atoms with Gasteiger partial charge < -0.3 is 15.9 Å². The molecule has 4 N–H and O–H groups in total. The van der Waals surface area contributed by atoms with Gasteiger partial charge in [0.25, 0.3) is 0 Å². The second-order valence-corrected chi connectivity index (χ2v) is 6.87. The standard InChI is InChI=1S/C18H29NO3/c1-9(2)12-7-13(10(3)4)15(14(8-12)11(5)6)16(20)17(21)18(19)22/h7-11,16-17,20-21H,1-6H3,(H2,19,22). The Morgan fingerprint density at radius 3 is 1.59 bits per heavy atom. The van der Waals surface area contributed by atoms with Crippen molar-refractivity contribution in [2.45, 2.75) is 71.5 Å². The second kappa shape index (κ2) is 7.25. The summed E-state index contributed by atoms with van der Waals surface area (Å²) in [4.78, 5) is 11.3. The number of carbonyl (C=O) groups excluding carboxylic acids is 1. The minimum Gasteiger partial charge on any atom is -0.385 e. The Morgan fingerprint density at radius 2 is 1.32 bits per heavy atom. The van der Waals surface area contributed by atoms with Crippen molar-refractivity contribution in [2.24, 2.45) is 5.73 Å². The fraction of sp³-hybridized carbons (Fsp3) is 0.611. The summed E-state index contributed by atoms with van der Waals surface area (Å²) in [6.45, 7) is 12.4. The summed E-state index contributed by atoms with van der Waals surface area (Å²) in [5.74, 6) is -0.214. The molecule has 1 rings (SSSR count). The minimum atomic E-state index is -1.60. The van der Waals surface area contributed by atoms with Crippen LogP contribution in [0.4, 0.5) is 0 Å². The first-order chi connectivity index (χ1) is 10.1. The highest BCUT2D eigenvalue weighted by molar-refractivity contribution is 5.79. The van der Waals surface area contributed by atoms with Gasteiger partial charge in [0.15, 0.2) is 6.10 Å². The molecule has 0 aromatic heterocycles. The van der Waals surface area contributed by atoms with Crippen LogP contribution in [0.5, 0.6) is 0 Å². The minimum absolute atomic E-state index is 0.168. The molecular formula is C18H29NO3. The number of benzene rings is 1. The maximum atomic E-state index is 11.3. The lowest BCUT2D eigenvalue weighted by Gasteiger charge is -2.27. The number of aliphatic hydroxyl groups is 2. The van der Waals surface area contributed by atoms with E-state index in [0.717, 1.165) is 11.1 Å². The summed E-state index contributed by atoms with van der Waals surface area (Å²) < 4.78 is 0. The predicted molar refractivity (Wildman–Crippen MR) is 88.9 cm³/mol. The van der Waals surface area contributed by atoms with Gasteiger partial charge >= 0.3 is 0 Å². The highest BCUT2D eigenvalue weighted by Crippen LogP contribution is 2.36. The molecule has 4 nitrogen and oxygen atoms in total. The predicted octanol–water partition coefficient (Wildman–Crippen LogP) is 2.94. The van der Waals surface area contributed by atoms with Crippen molar-refractivity contribution < 1.29 is 15.0 Å². The Labute approximate surface area is 133 Å². The highest BCUT2D eigenvalue weighted by atomic mass is 16.3. The number of amides is 1. The largest absolute Gasteiger partial charge is 0.385 e. The molecule has 124 valence electrons. The Kier molecular flexibility index (Phi) is 6.15. The van der Waals surface area contributed by atoms with Gasteiger partial charge in [-0.05, 0) is 40.0 Å². The molecule has 0 saturated carbocycles. The monoisotopic (exact) mass is 307 g/mol. The quantitative estimate of drug-likeness (QED) is 0.755. The first-order valence-corrected chi connectivity index (χ1v) is 7.90. The third-order valence-corrected chi connectivity index (χ3v) is 4.06. The third kappa shape index (κ3) is 3.87. The van der Waals surface area contributed by atoms with Gasteiger partial charge in [-0.1, -0.05) is 53.7 Å². The molecule has 22 heavy (non-hydrogen) atoms. The molecule has 1 aromatic rings. The fourth-order valence-corrected chi connectivity index (χ4v) is 2.67. The number of nitrogens with two attached hydrogens (primary N) is 1. The summed E-state index contributed by atoms with van der Waals surface area (Å²) in [6, 6.07) is 4.13. The lowest BCUT2D eigenvalue weighted by atomic mass is 9.81. The Bertz CT molecular complexity index is 506. The van der Waals surface area contributed by atoms with Gasteiger partial charge in [-0.3, -0.25) is 4.79 Å². The summed E-state index contributed by atoms with van der Waals surface area (Å²) in [5, 5.41) is 20.4. The Hall–Kier alpha value is -1.39. The Balaban J connectivity index is 3.61. The third-order valence-electron chi connectivity index (χ3n) is 4.06. The Morgan fingerprint density at radius 1 is 0.909 bits per heavy atom. The topological polar surface area (TPSA) is 83.6 Å². The van der Waals surface area contributed by atoms with E-state index >= 15 is 0 Å². The molecule has 0 aliphatic rings. The summed E-state index contributed by atoms with van der Waals surface area (Å²) >= 11 is 0. The molecule has 0 aliphatic carbocycles. The molecule has 0 spiro atoms. The van der Waals surface area contributed by atoms with Crippen molar-refractivity contribution in [3.63, 3.8) is 0 Å². The van der Waals surface area contributed by atoms with Crippen LogP contribution in [0.3, 0.4) is 0 Å². The number of carbonyl (C=O) groups is 1. The van der Waals surface area contributed by atoms with Gasteiger partial charge in [-0.2, -0.15) is 0 Å². The van der Waals surface area contributed by atoms with Crippen molar-refractivity contribution in [2.75, 3.05) is 0 Å². The average molecular weight is 307 g/mol. The summed E-state index contributed by atoms with van der Waals surface area (Å²) in [6.07, 6.45) is -2.89. The van der Waals surface area contributed by atoms with Gasteiger partial charge in [-0.25, -0.2) is 0 Å². The summed E-state index contributed by atoms with van der Waals surface area (Å²) in [5.41, 5.74) is 8.91. The number of aliphatic hydroxyl groups excluding tert-OH is 2. The van der Waals surface area contributed by atoms with Gasteiger partial charge in [0, 0.05) is 0 Å². The van der Waals surface area contributed by atoms with Crippen molar-refractivity contribution in [1.82, 2.24) is 0 Å². The van der Waals surface area contributed by atoms with Crippen molar-refractivity contribution in [1.29, 1.82) is 0 Å². The van der Waals surface area contributed by atoms with E-state index < -0.39 is 18.1 Å². The van der Waals surface area contributed by atoms with Crippen LogP contribution in [0.25, 0.3) is 0 Å². The normalized spacial score (nSPS) is 14.7. The van der Waals surface area contributed by atoms with Gasteiger partial charge in [0.1, 0.15) is 6.10 Å². The smallest absolute Gasteiger partial charge is 0.249 e. The van der Waals surface area contributed by atoms with Crippen LogP contribution in [0.2, 0.25) is 0 Å². The lowest BCUT2D eigenvalue weighted by Crippen LogP contribution is -2.35. The molecule has 1 aromatic carbocycles. The number of hydrogen-bond donors (Lipinski definition) is 3. The zero-order valence-corrected chi connectivity index (χ0v) is 14.4. The summed E-state index contributed by atoms with van der Waals surface area (Å²) in [7, 11) is 0. The first-order valence-electron chi connectivity index (χ1n) is 7.90. The number of primary amides is 1. The molecule has 0 saturated heterocycles. The average Bonchev–Trinajstić information content (AvgIpc) is 2.43. The van der Waals surface area contributed by atoms with Crippen LogP contribution in [-0.2, 0) is 4.79 Å². The van der Waals surface area contributed by atoms with Crippen LogP contribution >= 0.6 is 0 Å². The molecule has 0 heterocycles. The fourth-order valence-electron chi connectivity index (χ4n) is 2.67. The number of hydrogen-bond acceptors (Lipinski definition) is 3. The van der Waals surface area contributed by atoms with E-state index in [1.165, 1.54) is 5.56 Å². The molecule has 0 radical (unpaired) electrons. The van der Waals surface area contributed by atoms with Crippen molar-refractivity contribution in [3.8, 4) is 0 Å². The molecule has 1 amide bonds. The number of rotatable bonds is 6. The SMILES string of the molecule is CC(C)c1cc(C(C)C)c(C(O)C(O)C(N)=O)c(C(C)C)c1. The van der Waals surface area contributed by atoms with E-state index in [1.54, 1.807) is 0 Å². The lowest BCUT2D eigenvalue weighted by molar-refractivity contribution is -0.132. The maximum Gasteiger partial charge on any atom is 0.249 e. The van der Waals surface area contributed by atoms with Crippen LogP contribution < -0.4 is 5.73 Å². The first kappa shape index (κ1) is 18.7. The van der Waals surface area contributed by atoms with Crippen LogP contribution in [0, 0.1) is 0 Å². The van der Waals surface area contributed by atoms with Gasteiger partial charge in [0.2, 0.25) is 5.91 Å². The van der Waals surface area contributed by atoms with Crippen LogP contribution in [0.1, 0.15) is 87.7 Å². The van der Waals surface area contributed by atoms with E-state index in [1.807, 2.05) is 27.7 Å². The maximum absolute atomic E-state index is 11.3. The van der Waals surface area contributed by atoms with Gasteiger partial charge in [-0.15, -0.1) is 0 Å². The molecule has 0 bridgehead atoms. The highest BCUT2D eigenvalue weighted by Gasteiger charge is 2.29. The van der Waals surface area contributed by atoms with Crippen LogP contribution in [-0.4, -0.2) is 22.2 Å². The van der Waals surface area contributed by atoms with E-state index in [4.69, 9.17) is 5.73 Å². The van der Waals surface area contributed by atoms with E-state index in [2.05, 4.69) is 26.0 Å². The van der Waals surface area contributed by atoms with E-state index in [0.29, 0.717) is 11.5 Å². The van der Waals surface area contributed by atoms with E-state index in [9.17, 15) is 15.0 Å². The molecule has 2 atom stereocenters. The van der Waals surface area contributed by atoms with Gasteiger partial charge in [0.05, 0.1) is 0 Å². The molecular weight excluding hydrogens is 278 g/mol. The zero-order valence-electron chi connectivity index (χ0n) is 14.4. The zero-order chi connectivity index (χ0) is 17.2. The second-order valence-electron chi connectivity index (χ2n) is 6.87. The molecule has 0 fully saturated rings. The van der Waals surface area contributed by atoms with E-state index in [-0.39, 0.29) is 11.8 Å².